The second-order valence-corrected chi connectivity index (χ2v) is 6.75. The Morgan fingerprint density at radius 3 is 2.62 bits per heavy atom. The van der Waals surface area contributed by atoms with Gasteiger partial charge in [0.15, 0.2) is 0 Å². The van der Waals surface area contributed by atoms with Gasteiger partial charge in [-0.3, -0.25) is 4.79 Å². The van der Waals surface area contributed by atoms with Crippen LogP contribution in [0.25, 0.3) is 0 Å². The third-order valence-electron chi connectivity index (χ3n) is 3.79. The zero-order valence-corrected chi connectivity index (χ0v) is 15.4. The quantitative estimate of drug-likeness (QED) is 0.724. The molecule has 2 rings (SSSR count). The monoisotopic (exact) mass is 343 g/mol. The summed E-state index contributed by atoms with van der Waals surface area (Å²) in [5.74, 6) is 2.68. The summed E-state index contributed by atoms with van der Waals surface area (Å²) in [6.45, 7) is 7.34. The molecule has 0 unspecified atom stereocenters. The second kappa shape index (κ2) is 9.38. The molecule has 0 saturated carbocycles. The Kier molecular flexibility index (Phi) is 7.19. The topological polar surface area (TPSA) is 38.3 Å². The number of carbonyl (C=O) groups excluding carboxylic acids is 1. The van der Waals surface area contributed by atoms with E-state index in [1.807, 2.05) is 43.8 Å². The molecule has 0 fully saturated rings. The molecule has 0 heterocycles. The third-order valence-corrected chi connectivity index (χ3v) is 4.80. The van der Waals surface area contributed by atoms with E-state index in [-0.39, 0.29) is 5.91 Å². The number of carbonyl (C=O) groups is 1. The minimum absolute atomic E-state index is 0.0300. The van der Waals surface area contributed by atoms with E-state index in [1.54, 1.807) is 0 Å². The molecule has 0 atom stereocenters. The molecule has 2 aromatic rings. The molecule has 4 heteroatoms. The normalized spacial score (nSPS) is 10.5. The van der Waals surface area contributed by atoms with Crippen molar-refractivity contribution >= 4 is 17.7 Å². The summed E-state index contributed by atoms with van der Waals surface area (Å²) in [6, 6.07) is 14.0. The van der Waals surface area contributed by atoms with Crippen LogP contribution in [0.2, 0.25) is 0 Å². The van der Waals surface area contributed by atoms with Crippen molar-refractivity contribution < 1.29 is 9.53 Å². The maximum Gasteiger partial charge on any atom is 0.251 e. The van der Waals surface area contributed by atoms with Crippen LogP contribution in [-0.4, -0.2) is 24.8 Å². The zero-order chi connectivity index (χ0) is 17.4. The molecule has 128 valence electrons. The third kappa shape index (κ3) is 5.31. The van der Waals surface area contributed by atoms with Crippen molar-refractivity contribution in [1.29, 1.82) is 0 Å². The van der Waals surface area contributed by atoms with Crippen LogP contribution in [0.15, 0.2) is 42.5 Å². The van der Waals surface area contributed by atoms with Crippen LogP contribution in [-0.2, 0) is 5.75 Å². The fraction of sp³-hybridized carbons (Fsp3) is 0.350. The minimum atomic E-state index is -0.0300. The molecule has 0 saturated heterocycles. The van der Waals surface area contributed by atoms with Crippen molar-refractivity contribution in [2.45, 2.75) is 26.5 Å². The predicted molar refractivity (Wildman–Crippen MR) is 102 cm³/mol. The van der Waals surface area contributed by atoms with Gasteiger partial charge in [-0.1, -0.05) is 24.3 Å². The highest BCUT2D eigenvalue weighted by atomic mass is 32.2. The first kappa shape index (κ1) is 18.4. The summed E-state index contributed by atoms with van der Waals surface area (Å²) in [4.78, 5) is 12.2. The Balaban J connectivity index is 1.75. The van der Waals surface area contributed by atoms with Crippen molar-refractivity contribution in [2.24, 2.45) is 0 Å². The first-order chi connectivity index (χ1) is 11.6. The largest absolute Gasteiger partial charge is 0.494 e. The van der Waals surface area contributed by atoms with Gasteiger partial charge in [-0.2, -0.15) is 11.8 Å². The van der Waals surface area contributed by atoms with E-state index in [4.69, 9.17) is 4.74 Å². The van der Waals surface area contributed by atoms with Gasteiger partial charge < -0.3 is 10.1 Å². The molecule has 0 bridgehead atoms. The Labute approximate surface area is 148 Å². The SMILES string of the molecule is CCOc1ccc(C(=O)NCCSCc2ccccc2C)cc1C. The van der Waals surface area contributed by atoms with Crippen LogP contribution in [0.3, 0.4) is 0 Å². The average Bonchev–Trinajstić information content (AvgIpc) is 2.58. The van der Waals surface area contributed by atoms with Gasteiger partial charge in [0.25, 0.3) is 5.91 Å². The minimum Gasteiger partial charge on any atom is -0.494 e. The van der Waals surface area contributed by atoms with Crippen LogP contribution < -0.4 is 10.1 Å². The van der Waals surface area contributed by atoms with Crippen LogP contribution in [0.4, 0.5) is 0 Å². The first-order valence-electron chi connectivity index (χ1n) is 8.25. The van der Waals surface area contributed by atoms with E-state index < -0.39 is 0 Å². The van der Waals surface area contributed by atoms with Gasteiger partial charge in [-0.05, 0) is 55.7 Å². The van der Waals surface area contributed by atoms with Crippen molar-refractivity contribution in [1.82, 2.24) is 5.32 Å². The van der Waals surface area contributed by atoms with Gasteiger partial charge in [0.05, 0.1) is 6.61 Å². The smallest absolute Gasteiger partial charge is 0.251 e. The highest BCUT2D eigenvalue weighted by molar-refractivity contribution is 7.98. The maximum atomic E-state index is 12.2. The predicted octanol–water partition coefficient (Wildman–Crippen LogP) is 4.37. The summed E-state index contributed by atoms with van der Waals surface area (Å²) in [5.41, 5.74) is 4.34. The molecule has 1 N–H and O–H groups in total. The number of amides is 1. The lowest BCUT2D eigenvalue weighted by molar-refractivity contribution is 0.0956. The lowest BCUT2D eigenvalue weighted by atomic mass is 10.1. The summed E-state index contributed by atoms with van der Waals surface area (Å²) in [5, 5.41) is 2.98. The second-order valence-electron chi connectivity index (χ2n) is 5.65. The van der Waals surface area contributed by atoms with Crippen molar-refractivity contribution in [2.75, 3.05) is 18.9 Å². The van der Waals surface area contributed by atoms with Crippen LogP contribution in [0, 0.1) is 13.8 Å². The Bertz CT molecular complexity index is 685. The number of hydrogen-bond acceptors (Lipinski definition) is 3. The number of ether oxygens (including phenoxy) is 1. The van der Waals surface area contributed by atoms with E-state index in [1.165, 1.54) is 11.1 Å². The van der Waals surface area contributed by atoms with Crippen LogP contribution in [0.5, 0.6) is 5.75 Å². The van der Waals surface area contributed by atoms with Crippen molar-refractivity contribution in [3.05, 3.63) is 64.7 Å². The fourth-order valence-electron chi connectivity index (χ4n) is 2.40. The molecular weight excluding hydrogens is 318 g/mol. The highest BCUT2D eigenvalue weighted by Crippen LogP contribution is 2.19. The van der Waals surface area contributed by atoms with Gasteiger partial charge >= 0.3 is 0 Å². The number of hydrogen-bond donors (Lipinski definition) is 1. The first-order valence-corrected chi connectivity index (χ1v) is 9.41. The van der Waals surface area contributed by atoms with Crippen molar-refractivity contribution in [3.63, 3.8) is 0 Å². The molecule has 1 amide bonds. The van der Waals surface area contributed by atoms with Crippen molar-refractivity contribution in [3.8, 4) is 5.75 Å². The molecule has 0 aliphatic carbocycles. The lowest BCUT2D eigenvalue weighted by Gasteiger charge is -2.10. The number of aryl methyl sites for hydroxylation is 2. The summed E-state index contributed by atoms with van der Waals surface area (Å²) >= 11 is 1.84. The van der Waals surface area contributed by atoms with E-state index in [9.17, 15) is 4.79 Å². The van der Waals surface area contributed by atoms with Crippen LogP contribution >= 0.6 is 11.8 Å². The number of rotatable bonds is 8. The molecule has 0 aliphatic rings. The van der Waals surface area contributed by atoms with Gasteiger partial charge in [-0.15, -0.1) is 0 Å². The molecule has 0 aliphatic heterocycles. The lowest BCUT2D eigenvalue weighted by Crippen LogP contribution is -2.25. The van der Waals surface area contributed by atoms with E-state index in [2.05, 4.69) is 36.5 Å². The van der Waals surface area contributed by atoms with E-state index in [0.29, 0.717) is 18.7 Å². The van der Waals surface area contributed by atoms with Gasteiger partial charge in [-0.25, -0.2) is 0 Å². The molecule has 0 radical (unpaired) electrons. The molecule has 3 nitrogen and oxygen atoms in total. The summed E-state index contributed by atoms with van der Waals surface area (Å²) in [7, 11) is 0. The Morgan fingerprint density at radius 1 is 1.12 bits per heavy atom. The highest BCUT2D eigenvalue weighted by Gasteiger charge is 2.08. The molecule has 24 heavy (non-hydrogen) atoms. The molecule has 2 aromatic carbocycles. The average molecular weight is 343 g/mol. The Morgan fingerprint density at radius 2 is 1.92 bits per heavy atom. The molecular formula is C20H25NO2S. The number of benzene rings is 2. The van der Waals surface area contributed by atoms with Gasteiger partial charge in [0, 0.05) is 23.6 Å². The van der Waals surface area contributed by atoms with E-state index in [0.717, 1.165) is 22.8 Å². The van der Waals surface area contributed by atoms with E-state index >= 15 is 0 Å². The maximum absolute atomic E-state index is 12.2. The van der Waals surface area contributed by atoms with Crippen LogP contribution in [0.1, 0.15) is 34.0 Å². The Hall–Kier alpha value is -1.94. The summed E-state index contributed by atoms with van der Waals surface area (Å²) in [6.07, 6.45) is 0. The standard InChI is InChI=1S/C20H25NO2S/c1-4-23-19-10-9-17(13-16(19)3)20(22)21-11-12-24-14-18-8-6-5-7-15(18)2/h5-10,13H,4,11-12,14H2,1-3H3,(H,21,22). The zero-order valence-electron chi connectivity index (χ0n) is 14.6. The fourth-order valence-corrected chi connectivity index (χ4v) is 3.34. The van der Waals surface area contributed by atoms with Gasteiger partial charge in [0.2, 0.25) is 0 Å². The summed E-state index contributed by atoms with van der Waals surface area (Å²) < 4.78 is 5.50. The molecule has 0 spiro atoms. The molecule has 0 aromatic heterocycles. The number of thioether (sulfide) groups is 1. The number of nitrogens with one attached hydrogen (secondary N) is 1. The van der Waals surface area contributed by atoms with Gasteiger partial charge in [0.1, 0.15) is 5.75 Å².